The quantitative estimate of drug-likeness (QED) is 0.578. The number of halogens is 1. The number of hydrogen-bond donors (Lipinski definition) is 0. The predicted molar refractivity (Wildman–Crippen MR) is 104 cm³/mol. The third-order valence-corrected chi connectivity index (χ3v) is 5.00. The number of rotatable bonds is 8. The van der Waals surface area contributed by atoms with Crippen LogP contribution in [-0.4, -0.2) is 30.5 Å². The van der Waals surface area contributed by atoms with E-state index < -0.39 is 0 Å². The molecule has 1 amide bonds. The van der Waals surface area contributed by atoms with Crippen LogP contribution in [0.3, 0.4) is 0 Å². The van der Waals surface area contributed by atoms with Crippen LogP contribution in [0, 0.1) is 0 Å². The van der Waals surface area contributed by atoms with Crippen molar-refractivity contribution in [1.29, 1.82) is 0 Å². The smallest absolute Gasteiger partial charge is 0.305 e. The Morgan fingerprint density at radius 2 is 1.96 bits per heavy atom. The molecule has 0 fully saturated rings. The maximum atomic E-state index is 12.5. The SMILES string of the molecule is CCCN(C(=O)CCCC(=O)OC)c1nc(-c2ccc(Br)cc2)cs1. The highest BCUT2D eigenvalue weighted by molar-refractivity contribution is 9.10. The van der Waals surface area contributed by atoms with Crippen molar-refractivity contribution in [3.05, 3.63) is 34.1 Å². The van der Waals surface area contributed by atoms with Gasteiger partial charge in [0.25, 0.3) is 0 Å². The number of aromatic nitrogens is 1. The van der Waals surface area contributed by atoms with Crippen molar-refractivity contribution in [1.82, 2.24) is 4.98 Å². The van der Waals surface area contributed by atoms with Crippen LogP contribution in [0.15, 0.2) is 34.1 Å². The number of esters is 1. The van der Waals surface area contributed by atoms with Crippen LogP contribution in [0.1, 0.15) is 32.6 Å². The summed E-state index contributed by atoms with van der Waals surface area (Å²) >= 11 is 4.88. The Balaban J connectivity index is 2.07. The molecule has 0 atom stereocenters. The monoisotopic (exact) mass is 424 g/mol. The number of carbonyl (C=O) groups excluding carboxylic acids is 2. The van der Waals surface area contributed by atoms with Gasteiger partial charge in [0.2, 0.25) is 5.91 Å². The highest BCUT2D eigenvalue weighted by Crippen LogP contribution is 2.29. The summed E-state index contributed by atoms with van der Waals surface area (Å²) in [5, 5.41) is 2.66. The number of anilines is 1. The summed E-state index contributed by atoms with van der Waals surface area (Å²) < 4.78 is 5.62. The summed E-state index contributed by atoms with van der Waals surface area (Å²) in [6, 6.07) is 7.92. The number of benzene rings is 1. The van der Waals surface area contributed by atoms with Gasteiger partial charge in [0, 0.05) is 34.8 Å². The van der Waals surface area contributed by atoms with Crippen LogP contribution in [0.5, 0.6) is 0 Å². The summed E-state index contributed by atoms with van der Waals surface area (Å²) in [6.07, 6.45) is 1.89. The first-order valence-corrected chi connectivity index (χ1v) is 9.81. The molecule has 0 saturated carbocycles. The number of carbonyl (C=O) groups is 2. The lowest BCUT2D eigenvalue weighted by atomic mass is 10.2. The van der Waals surface area contributed by atoms with Crippen LogP contribution in [-0.2, 0) is 14.3 Å². The van der Waals surface area contributed by atoms with Gasteiger partial charge in [-0.3, -0.25) is 14.5 Å². The van der Waals surface area contributed by atoms with Gasteiger partial charge in [-0.2, -0.15) is 0 Å². The number of ether oxygens (including phenoxy) is 1. The van der Waals surface area contributed by atoms with Crippen LogP contribution in [0.4, 0.5) is 5.13 Å². The van der Waals surface area contributed by atoms with Crippen molar-refractivity contribution in [2.75, 3.05) is 18.6 Å². The molecule has 0 unspecified atom stereocenters. The number of hydrogen-bond acceptors (Lipinski definition) is 5. The van der Waals surface area contributed by atoms with Gasteiger partial charge >= 0.3 is 5.97 Å². The van der Waals surface area contributed by atoms with E-state index in [2.05, 4.69) is 25.7 Å². The Morgan fingerprint density at radius 1 is 1.24 bits per heavy atom. The molecule has 0 spiro atoms. The van der Waals surface area contributed by atoms with Crippen molar-refractivity contribution in [3.8, 4) is 11.3 Å². The van der Waals surface area contributed by atoms with Gasteiger partial charge < -0.3 is 4.74 Å². The van der Waals surface area contributed by atoms with Crippen LogP contribution >= 0.6 is 27.3 Å². The van der Waals surface area contributed by atoms with Crippen molar-refractivity contribution < 1.29 is 14.3 Å². The molecular weight excluding hydrogens is 404 g/mol. The van der Waals surface area contributed by atoms with Gasteiger partial charge in [-0.15, -0.1) is 11.3 Å². The van der Waals surface area contributed by atoms with Crippen molar-refractivity contribution in [2.45, 2.75) is 32.6 Å². The minimum absolute atomic E-state index is 0.0116. The van der Waals surface area contributed by atoms with E-state index in [1.54, 1.807) is 4.90 Å². The highest BCUT2D eigenvalue weighted by Gasteiger charge is 2.19. The molecule has 0 aliphatic carbocycles. The minimum Gasteiger partial charge on any atom is -0.469 e. The first-order valence-electron chi connectivity index (χ1n) is 8.13. The number of nitrogens with zero attached hydrogens (tertiary/aromatic N) is 2. The molecule has 0 saturated heterocycles. The number of methoxy groups -OCH3 is 1. The third-order valence-electron chi connectivity index (χ3n) is 3.61. The molecule has 0 N–H and O–H groups in total. The number of thiazole rings is 1. The van der Waals surface area contributed by atoms with E-state index in [0.717, 1.165) is 22.2 Å². The van der Waals surface area contributed by atoms with E-state index in [1.807, 2.05) is 36.6 Å². The van der Waals surface area contributed by atoms with E-state index in [1.165, 1.54) is 18.4 Å². The molecule has 25 heavy (non-hydrogen) atoms. The molecule has 7 heteroatoms. The van der Waals surface area contributed by atoms with E-state index >= 15 is 0 Å². The van der Waals surface area contributed by atoms with Crippen LogP contribution in [0.2, 0.25) is 0 Å². The molecule has 0 radical (unpaired) electrons. The Hall–Kier alpha value is -1.73. The zero-order valence-electron chi connectivity index (χ0n) is 14.3. The second-order valence-electron chi connectivity index (χ2n) is 5.50. The molecule has 5 nitrogen and oxygen atoms in total. The van der Waals surface area contributed by atoms with Gasteiger partial charge in [-0.1, -0.05) is 35.0 Å². The normalized spacial score (nSPS) is 10.5. The zero-order valence-corrected chi connectivity index (χ0v) is 16.7. The minimum atomic E-state index is -0.290. The van der Waals surface area contributed by atoms with Gasteiger partial charge in [0.15, 0.2) is 5.13 Å². The van der Waals surface area contributed by atoms with Crippen LogP contribution < -0.4 is 4.90 Å². The van der Waals surface area contributed by atoms with E-state index in [4.69, 9.17) is 0 Å². The summed E-state index contributed by atoms with van der Waals surface area (Å²) in [7, 11) is 1.35. The average molecular weight is 425 g/mol. The summed E-state index contributed by atoms with van der Waals surface area (Å²) in [5.74, 6) is -0.302. The largest absolute Gasteiger partial charge is 0.469 e. The maximum absolute atomic E-state index is 12.5. The fraction of sp³-hybridized carbons (Fsp3) is 0.389. The molecular formula is C18H21BrN2O3S. The maximum Gasteiger partial charge on any atom is 0.305 e. The Morgan fingerprint density at radius 3 is 2.60 bits per heavy atom. The topological polar surface area (TPSA) is 59.5 Å². The standard InChI is InChI=1S/C18H21BrN2O3S/c1-3-11-21(16(22)5-4-6-17(23)24-2)18-20-15(12-25-18)13-7-9-14(19)10-8-13/h7-10,12H,3-6,11H2,1-2H3. The Kier molecular flexibility index (Phi) is 7.58. The Bertz CT molecular complexity index is 715. The van der Waals surface area contributed by atoms with Crippen molar-refractivity contribution in [2.24, 2.45) is 0 Å². The van der Waals surface area contributed by atoms with Crippen LogP contribution in [0.25, 0.3) is 11.3 Å². The van der Waals surface area contributed by atoms with Gasteiger partial charge in [-0.05, 0) is 25.0 Å². The molecule has 134 valence electrons. The summed E-state index contributed by atoms with van der Waals surface area (Å²) in [5.41, 5.74) is 1.87. The molecule has 1 aromatic carbocycles. The van der Waals surface area contributed by atoms with Gasteiger partial charge in [0.1, 0.15) is 0 Å². The molecule has 2 aromatic rings. The highest BCUT2D eigenvalue weighted by atomic mass is 79.9. The summed E-state index contributed by atoms with van der Waals surface area (Å²) in [6.45, 7) is 2.64. The van der Waals surface area contributed by atoms with E-state index in [0.29, 0.717) is 24.5 Å². The van der Waals surface area contributed by atoms with Gasteiger partial charge in [0.05, 0.1) is 12.8 Å². The summed E-state index contributed by atoms with van der Waals surface area (Å²) in [4.78, 5) is 30.0. The fourth-order valence-corrected chi connectivity index (χ4v) is 3.45. The second kappa shape index (κ2) is 9.68. The predicted octanol–water partition coefficient (Wildman–Crippen LogP) is 4.66. The lowest BCUT2D eigenvalue weighted by molar-refractivity contribution is -0.140. The molecule has 0 aliphatic heterocycles. The van der Waals surface area contributed by atoms with Crippen molar-refractivity contribution in [3.63, 3.8) is 0 Å². The third kappa shape index (κ3) is 5.64. The fourth-order valence-electron chi connectivity index (χ4n) is 2.31. The van der Waals surface area contributed by atoms with E-state index in [9.17, 15) is 9.59 Å². The van der Waals surface area contributed by atoms with Crippen molar-refractivity contribution >= 4 is 44.3 Å². The molecule has 1 aromatic heterocycles. The first-order chi connectivity index (χ1) is 12.0. The number of amides is 1. The molecule has 0 bridgehead atoms. The zero-order chi connectivity index (χ0) is 18.2. The lowest BCUT2D eigenvalue weighted by Crippen LogP contribution is -2.31. The second-order valence-corrected chi connectivity index (χ2v) is 7.25. The molecule has 0 aliphatic rings. The van der Waals surface area contributed by atoms with Gasteiger partial charge in [-0.25, -0.2) is 4.98 Å². The average Bonchev–Trinajstić information content (AvgIpc) is 3.09. The first kappa shape index (κ1) is 19.6. The Labute approximate surface area is 160 Å². The van der Waals surface area contributed by atoms with E-state index in [-0.39, 0.29) is 18.3 Å². The molecule has 1 heterocycles. The lowest BCUT2D eigenvalue weighted by Gasteiger charge is -2.19. The molecule has 2 rings (SSSR count).